The predicted octanol–water partition coefficient (Wildman–Crippen LogP) is 1.61. The number of anilines is 1. The number of benzene rings is 1. The average molecular weight is 368 g/mol. The van der Waals surface area contributed by atoms with Crippen molar-refractivity contribution >= 4 is 11.7 Å². The molecule has 6 fully saturated rings. The van der Waals surface area contributed by atoms with Crippen molar-refractivity contribution < 1.29 is 19.4 Å². The third kappa shape index (κ3) is 1.33. The van der Waals surface area contributed by atoms with Crippen molar-refractivity contribution in [3.05, 3.63) is 41.5 Å². The lowest BCUT2D eigenvalue weighted by molar-refractivity contribution is -0.328. The largest absolute Gasteiger partial charge is 0.468 e. The highest BCUT2D eigenvalue weighted by Crippen LogP contribution is 2.76. The number of aliphatic hydroxyl groups is 1. The zero-order valence-corrected chi connectivity index (χ0v) is 15.6. The van der Waals surface area contributed by atoms with Crippen molar-refractivity contribution in [2.75, 3.05) is 25.5 Å². The number of hydrogen-bond donors (Lipinski definition) is 2. The molecule has 1 saturated carbocycles. The summed E-state index contributed by atoms with van der Waals surface area (Å²) >= 11 is 0. The summed E-state index contributed by atoms with van der Waals surface area (Å²) in [5.74, 6) is -0.445. The van der Waals surface area contributed by atoms with Crippen molar-refractivity contribution in [2.45, 2.75) is 43.2 Å². The van der Waals surface area contributed by atoms with Crippen LogP contribution in [0.15, 0.2) is 35.9 Å². The van der Waals surface area contributed by atoms with E-state index in [1.807, 2.05) is 19.1 Å². The van der Waals surface area contributed by atoms with Gasteiger partial charge in [0.05, 0.1) is 18.6 Å². The van der Waals surface area contributed by atoms with Gasteiger partial charge in [0.2, 0.25) is 0 Å². The molecule has 0 aromatic heterocycles. The van der Waals surface area contributed by atoms with E-state index in [0.717, 1.165) is 30.8 Å². The molecule has 1 aromatic carbocycles. The maximum atomic E-state index is 13.6. The predicted molar refractivity (Wildman–Crippen MR) is 97.9 cm³/mol. The van der Waals surface area contributed by atoms with Gasteiger partial charge in [-0.15, -0.1) is 0 Å². The second-order valence-corrected chi connectivity index (χ2v) is 8.50. The second-order valence-electron chi connectivity index (χ2n) is 8.50. The zero-order valence-electron chi connectivity index (χ0n) is 15.6. The Labute approximate surface area is 158 Å². The van der Waals surface area contributed by atoms with Crippen LogP contribution in [-0.2, 0) is 19.7 Å². The van der Waals surface area contributed by atoms with Crippen LogP contribution in [0.25, 0.3) is 0 Å². The van der Waals surface area contributed by atoms with Gasteiger partial charge in [-0.2, -0.15) is 0 Å². The number of aliphatic hydroxyl groups excluding tert-OH is 1. The molecule has 0 radical (unpaired) electrons. The number of esters is 1. The Kier molecular flexibility index (Phi) is 2.83. The van der Waals surface area contributed by atoms with Gasteiger partial charge in [0.15, 0.2) is 6.29 Å². The molecule has 1 aliphatic carbocycles. The Balaban J connectivity index is 1.78. The van der Waals surface area contributed by atoms with Crippen molar-refractivity contribution in [3.8, 4) is 0 Å². The van der Waals surface area contributed by atoms with E-state index in [1.165, 1.54) is 12.7 Å². The molecule has 1 aromatic rings. The SMILES string of the molecule is CC=C1CN2CC[C@@]34c5ccccc5N[C@@]23[C@H]2C[C@@H]1[C@]4(C(=O)OC)[C@H](O)O2. The van der Waals surface area contributed by atoms with Crippen molar-refractivity contribution in [1.29, 1.82) is 0 Å². The number of rotatable bonds is 1. The molecule has 8 rings (SSSR count). The molecule has 1 unspecified atom stereocenters. The molecule has 0 amide bonds. The van der Waals surface area contributed by atoms with Crippen LogP contribution in [0.3, 0.4) is 0 Å². The number of carbonyl (C=O) groups excluding carboxylic acids is 1. The molecule has 142 valence electrons. The summed E-state index contributed by atoms with van der Waals surface area (Å²) in [6.07, 6.45) is 2.27. The fourth-order valence-electron chi connectivity index (χ4n) is 7.46. The Hall–Kier alpha value is -1.89. The van der Waals surface area contributed by atoms with Crippen LogP contribution in [0, 0.1) is 11.3 Å². The number of nitrogens with zero attached hydrogens (tertiary/aromatic N) is 1. The number of carbonyl (C=O) groups is 1. The highest BCUT2D eigenvalue weighted by molar-refractivity contribution is 5.86. The molecule has 7 aliphatic rings. The number of nitrogens with one attached hydrogen (secondary N) is 1. The summed E-state index contributed by atoms with van der Waals surface area (Å²) in [5.41, 5.74) is 1.13. The molecular weight excluding hydrogens is 344 g/mol. The number of methoxy groups -OCH3 is 1. The van der Waals surface area contributed by atoms with E-state index in [2.05, 4.69) is 28.4 Å². The van der Waals surface area contributed by atoms with Crippen LogP contribution < -0.4 is 5.32 Å². The molecule has 6 heteroatoms. The summed E-state index contributed by atoms with van der Waals surface area (Å²) in [7, 11) is 1.42. The molecule has 7 atom stereocenters. The van der Waals surface area contributed by atoms with Gasteiger partial charge in [-0.25, -0.2) is 0 Å². The minimum atomic E-state index is -1.18. The fraction of sp³-hybridized carbons (Fsp3) is 0.571. The first-order chi connectivity index (χ1) is 13.1. The van der Waals surface area contributed by atoms with Gasteiger partial charge in [0.25, 0.3) is 0 Å². The van der Waals surface area contributed by atoms with Gasteiger partial charge < -0.3 is 19.9 Å². The van der Waals surface area contributed by atoms with Crippen LogP contribution in [0.4, 0.5) is 5.69 Å². The second kappa shape index (κ2) is 4.74. The quantitative estimate of drug-likeness (QED) is 0.580. The highest BCUT2D eigenvalue weighted by atomic mass is 16.6. The monoisotopic (exact) mass is 368 g/mol. The Morgan fingerprint density at radius 2 is 2.26 bits per heavy atom. The lowest BCUT2D eigenvalue weighted by Crippen LogP contribution is -2.81. The summed E-state index contributed by atoms with van der Waals surface area (Å²) < 4.78 is 11.5. The third-order valence-electron chi connectivity index (χ3n) is 8.19. The van der Waals surface area contributed by atoms with Crippen LogP contribution >= 0.6 is 0 Å². The first kappa shape index (κ1) is 16.1. The standard InChI is InChI=1S/C21H24N2O4/c1-3-12-11-23-9-8-19-13-6-4-5-7-15(13)22-21(19,23)16-10-14(12)20(19,17(24)26-2)18(25)27-16/h3-7,14,16,18,22,25H,8-11H2,1-2H3/t14-,16+,18+,19-,20-,21-/m0/s1. The number of ether oxygens (including phenoxy) is 2. The topological polar surface area (TPSA) is 71.0 Å². The van der Waals surface area contributed by atoms with Crippen LogP contribution in [0.2, 0.25) is 0 Å². The van der Waals surface area contributed by atoms with Gasteiger partial charge in [-0.1, -0.05) is 29.8 Å². The number of para-hydroxylation sites is 1. The van der Waals surface area contributed by atoms with Crippen LogP contribution in [0.1, 0.15) is 25.3 Å². The molecule has 5 saturated heterocycles. The molecule has 1 spiro atoms. The van der Waals surface area contributed by atoms with Crippen LogP contribution in [-0.4, -0.2) is 54.2 Å². The molecule has 6 nitrogen and oxygen atoms in total. The molecule has 6 aliphatic heterocycles. The lowest BCUT2D eigenvalue weighted by Gasteiger charge is -2.66. The minimum Gasteiger partial charge on any atom is -0.468 e. The van der Waals surface area contributed by atoms with E-state index in [1.54, 1.807) is 0 Å². The van der Waals surface area contributed by atoms with E-state index in [9.17, 15) is 9.90 Å². The third-order valence-corrected chi connectivity index (χ3v) is 8.19. The maximum absolute atomic E-state index is 13.6. The van der Waals surface area contributed by atoms with Crippen molar-refractivity contribution in [2.24, 2.45) is 11.3 Å². The summed E-state index contributed by atoms with van der Waals surface area (Å²) in [6.45, 7) is 3.67. The van der Waals surface area contributed by atoms with E-state index in [0.29, 0.717) is 6.42 Å². The van der Waals surface area contributed by atoms with Gasteiger partial charge in [-0.05, 0) is 31.4 Å². The van der Waals surface area contributed by atoms with E-state index < -0.39 is 22.8 Å². The average Bonchev–Trinajstić information content (AvgIpc) is 3.12. The fourth-order valence-corrected chi connectivity index (χ4v) is 7.46. The first-order valence-corrected chi connectivity index (χ1v) is 9.77. The van der Waals surface area contributed by atoms with Crippen molar-refractivity contribution in [3.63, 3.8) is 0 Å². The first-order valence-electron chi connectivity index (χ1n) is 9.77. The van der Waals surface area contributed by atoms with Crippen LogP contribution in [0.5, 0.6) is 0 Å². The zero-order chi connectivity index (χ0) is 18.6. The van der Waals surface area contributed by atoms with E-state index in [4.69, 9.17) is 9.47 Å². The highest BCUT2D eigenvalue weighted by Gasteiger charge is 2.88. The van der Waals surface area contributed by atoms with E-state index >= 15 is 0 Å². The van der Waals surface area contributed by atoms with Gasteiger partial charge in [0, 0.05) is 24.7 Å². The lowest BCUT2D eigenvalue weighted by atomic mass is 9.43. The molecule has 6 heterocycles. The molecule has 27 heavy (non-hydrogen) atoms. The molecule has 2 N–H and O–H groups in total. The smallest absolute Gasteiger partial charge is 0.318 e. The van der Waals surface area contributed by atoms with Crippen molar-refractivity contribution in [1.82, 2.24) is 4.90 Å². The molecule has 6 bridgehead atoms. The molecular formula is C21H24N2O4. The number of hydrogen-bond acceptors (Lipinski definition) is 6. The van der Waals surface area contributed by atoms with Gasteiger partial charge in [-0.3, -0.25) is 9.69 Å². The number of fused-ring (bicyclic) bond motifs is 3. The normalized spacial score (nSPS) is 49.5. The maximum Gasteiger partial charge on any atom is 0.318 e. The Morgan fingerprint density at radius 3 is 3.04 bits per heavy atom. The Morgan fingerprint density at radius 1 is 1.44 bits per heavy atom. The minimum absolute atomic E-state index is 0.0879. The number of allylic oxidation sites excluding steroid dienone is 1. The summed E-state index contributed by atoms with van der Waals surface area (Å²) in [6, 6.07) is 8.23. The summed E-state index contributed by atoms with van der Waals surface area (Å²) in [4.78, 5) is 16.0. The van der Waals surface area contributed by atoms with Gasteiger partial charge in [0.1, 0.15) is 11.1 Å². The van der Waals surface area contributed by atoms with E-state index in [-0.39, 0.29) is 18.0 Å². The summed E-state index contributed by atoms with van der Waals surface area (Å²) in [5, 5.41) is 15.1. The van der Waals surface area contributed by atoms with Gasteiger partial charge >= 0.3 is 5.97 Å². The Bertz CT molecular complexity index is 900.